The minimum atomic E-state index is 0.713. The van der Waals surface area contributed by atoms with E-state index >= 15 is 0 Å². The first-order chi connectivity index (χ1) is 8.88. The maximum atomic E-state index is 5.66. The van der Waals surface area contributed by atoms with Crippen LogP contribution in [0.1, 0.15) is 43.6 Å². The quantitative estimate of drug-likeness (QED) is 0.862. The van der Waals surface area contributed by atoms with Crippen LogP contribution in [-0.2, 0) is 0 Å². The molecule has 98 valence electrons. The summed E-state index contributed by atoms with van der Waals surface area (Å²) in [7, 11) is 0. The number of fused-ring (bicyclic) bond motifs is 1. The van der Waals surface area contributed by atoms with Crippen molar-refractivity contribution in [1.82, 2.24) is 0 Å². The predicted molar refractivity (Wildman–Crippen MR) is 77.0 cm³/mol. The molecular weight excluding hydrogens is 220 g/mol. The molecule has 0 spiro atoms. The Morgan fingerprint density at radius 2 is 2.06 bits per heavy atom. The second-order valence-corrected chi connectivity index (χ2v) is 5.89. The molecule has 1 aliphatic heterocycles. The molecule has 1 atom stereocenters. The summed E-state index contributed by atoms with van der Waals surface area (Å²) < 4.78 is 0. The van der Waals surface area contributed by atoms with Crippen molar-refractivity contribution in [2.24, 2.45) is 11.7 Å². The molecule has 2 heteroatoms. The lowest BCUT2D eigenvalue weighted by Gasteiger charge is -2.31. The molecule has 0 aromatic heterocycles. The Kier molecular flexibility index (Phi) is 3.55. The van der Waals surface area contributed by atoms with Crippen molar-refractivity contribution in [3.05, 3.63) is 29.8 Å². The molecule has 0 radical (unpaired) electrons. The Bertz CT molecular complexity index is 398. The molecule has 1 fully saturated rings. The Balaban J connectivity index is 1.73. The van der Waals surface area contributed by atoms with Crippen LogP contribution in [0.25, 0.3) is 0 Å². The topological polar surface area (TPSA) is 29.3 Å². The maximum Gasteiger partial charge on any atom is 0.0402 e. The van der Waals surface area contributed by atoms with Crippen molar-refractivity contribution in [3.63, 3.8) is 0 Å². The molecule has 2 aliphatic rings. The smallest absolute Gasteiger partial charge is 0.0402 e. The first-order valence-corrected chi connectivity index (χ1v) is 7.42. The molecule has 1 aromatic rings. The normalized spacial score (nSPS) is 22.9. The number of para-hydroxylation sites is 1. The highest BCUT2D eigenvalue weighted by atomic mass is 15.2. The molecule has 1 heterocycles. The fraction of sp³-hybridized carbons (Fsp3) is 0.625. The van der Waals surface area contributed by atoms with Crippen LogP contribution in [0.15, 0.2) is 24.3 Å². The number of hydrogen-bond acceptors (Lipinski definition) is 2. The van der Waals surface area contributed by atoms with E-state index < -0.39 is 0 Å². The van der Waals surface area contributed by atoms with Crippen LogP contribution in [0.2, 0.25) is 0 Å². The lowest BCUT2D eigenvalue weighted by atomic mass is 9.85. The van der Waals surface area contributed by atoms with Crippen LogP contribution < -0.4 is 10.6 Å². The largest absolute Gasteiger partial charge is 0.370 e. The molecule has 1 aromatic carbocycles. The molecule has 0 amide bonds. The molecule has 2 N–H and O–H groups in total. The van der Waals surface area contributed by atoms with Gasteiger partial charge in [-0.2, -0.15) is 0 Å². The SMILES string of the molecule is NCCCC1CN(CC2CCC2)c2ccccc21. The lowest BCUT2D eigenvalue weighted by molar-refractivity contribution is 0.317. The first-order valence-electron chi connectivity index (χ1n) is 7.42. The average molecular weight is 244 g/mol. The van der Waals surface area contributed by atoms with E-state index in [-0.39, 0.29) is 0 Å². The molecule has 0 saturated heterocycles. The van der Waals surface area contributed by atoms with Gasteiger partial charge in [0.1, 0.15) is 0 Å². The standard InChI is InChI=1S/C16H24N2/c17-10-4-7-14-12-18(11-13-5-3-6-13)16-9-2-1-8-15(14)16/h1-2,8-9,13-14H,3-7,10-12,17H2. The van der Waals surface area contributed by atoms with Gasteiger partial charge in [0.2, 0.25) is 0 Å². The monoisotopic (exact) mass is 244 g/mol. The average Bonchev–Trinajstić information content (AvgIpc) is 2.70. The third-order valence-corrected chi connectivity index (χ3v) is 4.62. The fourth-order valence-electron chi connectivity index (χ4n) is 3.35. The number of benzene rings is 1. The van der Waals surface area contributed by atoms with Crippen LogP contribution in [0.3, 0.4) is 0 Å². The summed E-state index contributed by atoms with van der Waals surface area (Å²) in [5.41, 5.74) is 8.71. The summed E-state index contributed by atoms with van der Waals surface area (Å²) in [6, 6.07) is 8.98. The second-order valence-electron chi connectivity index (χ2n) is 5.89. The second kappa shape index (κ2) is 5.31. The highest BCUT2D eigenvalue weighted by Crippen LogP contribution is 2.40. The minimum absolute atomic E-state index is 0.713. The van der Waals surface area contributed by atoms with E-state index in [4.69, 9.17) is 5.73 Å². The van der Waals surface area contributed by atoms with Crippen molar-refractivity contribution in [1.29, 1.82) is 0 Å². The van der Waals surface area contributed by atoms with Crippen molar-refractivity contribution < 1.29 is 0 Å². The van der Waals surface area contributed by atoms with Crippen LogP contribution in [0, 0.1) is 5.92 Å². The summed E-state index contributed by atoms with van der Waals surface area (Å²) in [6.07, 6.45) is 6.71. The van der Waals surface area contributed by atoms with Gasteiger partial charge < -0.3 is 10.6 Å². The van der Waals surface area contributed by atoms with Crippen LogP contribution in [0.5, 0.6) is 0 Å². The molecular formula is C16H24N2. The lowest BCUT2D eigenvalue weighted by Crippen LogP contribution is -2.31. The van der Waals surface area contributed by atoms with Crippen LogP contribution in [0.4, 0.5) is 5.69 Å². The fourth-order valence-corrected chi connectivity index (χ4v) is 3.35. The van der Waals surface area contributed by atoms with Gasteiger partial charge >= 0.3 is 0 Å². The zero-order valence-corrected chi connectivity index (χ0v) is 11.1. The van der Waals surface area contributed by atoms with Crippen molar-refractivity contribution in [3.8, 4) is 0 Å². The van der Waals surface area contributed by atoms with Gasteiger partial charge in [-0.15, -0.1) is 0 Å². The molecule has 3 rings (SSSR count). The van der Waals surface area contributed by atoms with Gasteiger partial charge in [-0.25, -0.2) is 0 Å². The van der Waals surface area contributed by atoms with Crippen molar-refractivity contribution in [2.75, 3.05) is 24.5 Å². The van der Waals surface area contributed by atoms with Gasteiger partial charge in [-0.05, 0) is 49.8 Å². The predicted octanol–water partition coefficient (Wildman–Crippen LogP) is 3.13. The van der Waals surface area contributed by atoms with Gasteiger partial charge in [0.15, 0.2) is 0 Å². The third kappa shape index (κ3) is 2.26. The minimum Gasteiger partial charge on any atom is -0.370 e. The Hall–Kier alpha value is -1.02. The number of hydrogen-bond donors (Lipinski definition) is 1. The summed E-state index contributed by atoms with van der Waals surface area (Å²) in [5, 5.41) is 0. The highest BCUT2D eigenvalue weighted by Gasteiger charge is 2.30. The van der Waals surface area contributed by atoms with Crippen LogP contribution in [-0.4, -0.2) is 19.6 Å². The van der Waals surface area contributed by atoms with E-state index in [0.29, 0.717) is 5.92 Å². The van der Waals surface area contributed by atoms with Gasteiger partial charge in [0.25, 0.3) is 0 Å². The summed E-state index contributed by atoms with van der Waals surface area (Å²) in [6.45, 7) is 3.31. The zero-order chi connectivity index (χ0) is 12.4. The van der Waals surface area contributed by atoms with Gasteiger partial charge in [-0.1, -0.05) is 24.6 Å². The summed E-state index contributed by atoms with van der Waals surface area (Å²) in [4.78, 5) is 2.63. The highest BCUT2D eigenvalue weighted by molar-refractivity contribution is 5.60. The zero-order valence-electron chi connectivity index (χ0n) is 11.1. The summed E-state index contributed by atoms with van der Waals surface area (Å²) in [5.74, 6) is 1.66. The van der Waals surface area contributed by atoms with Crippen molar-refractivity contribution in [2.45, 2.75) is 38.0 Å². The van der Waals surface area contributed by atoms with E-state index in [2.05, 4.69) is 29.2 Å². The van der Waals surface area contributed by atoms with Crippen molar-refractivity contribution >= 4 is 5.69 Å². The van der Waals surface area contributed by atoms with E-state index in [0.717, 1.165) is 18.9 Å². The number of nitrogens with two attached hydrogens (primary N) is 1. The van der Waals surface area contributed by atoms with E-state index in [1.807, 2.05) is 0 Å². The molecule has 1 saturated carbocycles. The van der Waals surface area contributed by atoms with Crippen LogP contribution >= 0.6 is 0 Å². The Morgan fingerprint density at radius 3 is 2.78 bits per heavy atom. The summed E-state index contributed by atoms with van der Waals surface area (Å²) >= 11 is 0. The molecule has 1 aliphatic carbocycles. The Morgan fingerprint density at radius 1 is 1.22 bits per heavy atom. The molecule has 1 unspecified atom stereocenters. The van der Waals surface area contributed by atoms with E-state index in [9.17, 15) is 0 Å². The van der Waals surface area contributed by atoms with Gasteiger partial charge in [0, 0.05) is 24.7 Å². The molecule has 18 heavy (non-hydrogen) atoms. The van der Waals surface area contributed by atoms with E-state index in [1.165, 1.54) is 44.5 Å². The number of rotatable bonds is 5. The maximum absolute atomic E-state index is 5.66. The molecule has 2 nitrogen and oxygen atoms in total. The first kappa shape index (κ1) is 12.0. The number of anilines is 1. The van der Waals surface area contributed by atoms with Gasteiger partial charge in [0.05, 0.1) is 0 Å². The third-order valence-electron chi connectivity index (χ3n) is 4.62. The number of nitrogens with zero attached hydrogens (tertiary/aromatic N) is 1. The van der Waals surface area contributed by atoms with Gasteiger partial charge in [-0.3, -0.25) is 0 Å². The van der Waals surface area contributed by atoms with E-state index in [1.54, 1.807) is 5.56 Å². The molecule has 0 bridgehead atoms. The Labute approximate surface area is 110 Å².